The van der Waals surface area contributed by atoms with Gasteiger partial charge in [-0.3, -0.25) is 24.0 Å². The number of Topliss-reactive ketones (excluding diaryl/α,β-unsaturated/α-hetero) is 1. The summed E-state index contributed by atoms with van der Waals surface area (Å²) in [7, 11) is 0. The zero-order chi connectivity index (χ0) is 34.1. The Balaban J connectivity index is 1.27. The quantitative estimate of drug-likeness (QED) is 0.177. The number of piperidine rings is 1. The number of rotatable bonds is 10. The van der Waals surface area contributed by atoms with Gasteiger partial charge in [-0.1, -0.05) is 11.6 Å². The molecule has 1 aliphatic heterocycles. The Hall–Kier alpha value is -4.84. The molecule has 1 aliphatic rings. The number of ether oxygens (including phenoxy) is 1. The van der Waals surface area contributed by atoms with Gasteiger partial charge in [0.05, 0.1) is 51.5 Å². The number of pyridine rings is 2. The van der Waals surface area contributed by atoms with E-state index in [4.69, 9.17) is 16.3 Å². The topological polar surface area (TPSA) is 151 Å². The monoisotopic (exact) mass is 692 g/mol. The second-order valence-corrected chi connectivity index (χ2v) is 12.6. The Bertz CT molecular complexity index is 2170. The van der Waals surface area contributed by atoms with E-state index in [0.717, 1.165) is 0 Å². The van der Waals surface area contributed by atoms with Crippen LogP contribution in [0.4, 0.5) is 8.78 Å². The van der Waals surface area contributed by atoms with Crippen LogP contribution in [0.2, 0.25) is 5.02 Å². The highest BCUT2D eigenvalue weighted by Crippen LogP contribution is 2.39. The molecule has 0 radical (unpaired) electrons. The summed E-state index contributed by atoms with van der Waals surface area (Å²) < 4.78 is 33.8. The number of carbonyl (C=O) groups is 2. The normalized spacial score (nSPS) is 14.1. The molecule has 48 heavy (non-hydrogen) atoms. The van der Waals surface area contributed by atoms with Crippen LogP contribution in [-0.2, 0) is 6.54 Å². The molecule has 0 saturated carbocycles. The van der Waals surface area contributed by atoms with Crippen LogP contribution in [0, 0.1) is 24.2 Å². The minimum absolute atomic E-state index is 0.0115. The van der Waals surface area contributed by atoms with E-state index in [1.165, 1.54) is 33.7 Å². The number of hydrogen-bond acceptors (Lipinski definition) is 10. The highest BCUT2D eigenvalue weighted by Gasteiger charge is 2.30. The van der Waals surface area contributed by atoms with E-state index in [-0.39, 0.29) is 47.4 Å². The van der Waals surface area contributed by atoms with E-state index in [0.29, 0.717) is 63.9 Å². The molecular weight excluding hydrogens is 666 g/mol. The fraction of sp³-hybridized carbons (Fsp3) is 0.303. The number of thiophene rings is 1. The van der Waals surface area contributed by atoms with E-state index in [2.05, 4.69) is 15.0 Å². The number of fused-ring (bicyclic) bond motifs is 2. The van der Waals surface area contributed by atoms with Crippen LogP contribution in [0.3, 0.4) is 0 Å². The molecule has 0 unspecified atom stereocenters. The van der Waals surface area contributed by atoms with Gasteiger partial charge in [-0.25, -0.2) is 23.5 Å². The first-order chi connectivity index (χ1) is 23.1. The van der Waals surface area contributed by atoms with E-state index < -0.39 is 29.7 Å². The van der Waals surface area contributed by atoms with Gasteiger partial charge in [-0.05, 0) is 57.1 Å². The van der Waals surface area contributed by atoms with E-state index in [9.17, 15) is 33.5 Å². The van der Waals surface area contributed by atoms with Crippen LogP contribution in [0.5, 0.6) is 5.75 Å². The lowest BCUT2D eigenvalue weighted by Gasteiger charge is -2.30. The maximum Gasteiger partial charge on any atom is 0.338 e. The molecule has 0 atom stereocenters. The fourth-order valence-corrected chi connectivity index (χ4v) is 7.23. The number of hydrogen-bond donors (Lipinski definition) is 1. The van der Waals surface area contributed by atoms with Gasteiger partial charge in [-0.2, -0.15) is 5.26 Å². The van der Waals surface area contributed by atoms with Crippen LogP contribution in [0.25, 0.3) is 32.2 Å². The van der Waals surface area contributed by atoms with Gasteiger partial charge in [0.25, 0.3) is 12.0 Å². The summed E-state index contributed by atoms with van der Waals surface area (Å²) in [5, 5.41) is 21.6. The Morgan fingerprint density at radius 1 is 1.21 bits per heavy atom. The molecule has 1 aromatic carbocycles. The van der Waals surface area contributed by atoms with Gasteiger partial charge < -0.3 is 9.84 Å². The Kier molecular flexibility index (Phi) is 9.45. The third-order valence-electron chi connectivity index (χ3n) is 8.38. The van der Waals surface area contributed by atoms with E-state index in [1.807, 2.05) is 6.07 Å². The second kappa shape index (κ2) is 13.7. The SMILES string of the molecule is Cc1nc2cnc(C(=O)C3CCN(CC(F)F)CC3)c(C#N)c2c(=O)n1CCOc1ccc(Cl)cc1-c1ccnc2c(C(=O)O)csc12. The molecule has 1 saturated heterocycles. The summed E-state index contributed by atoms with van der Waals surface area (Å²) in [5.74, 6) is -1.21. The molecule has 0 aliphatic carbocycles. The molecule has 0 bridgehead atoms. The molecular formula is C33H27ClF2N6O5S. The zero-order valence-electron chi connectivity index (χ0n) is 25.5. The van der Waals surface area contributed by atoms with E-state index in [1.54, 1.807) is 36.1 Å². The molecule has 15 heteroatoms. The van der Waals surface area contributed by atoms with Gasteiger partial charge in [0, 0.05) is 33.6 Å². The molecule has 5 aromatic rings. The number of aromatic carboxylic acids is 1. The molecule has 246 valence electrons. The summed E-state index contributed by atoms with van der Waals surface area (Å²) in [6.07, 6.45) is 1.04. The lowest BCUT2D eigenvalue weighted by molar-refractivity contribution is 0.0621. The average Bonchev–Trinajstić information content (AvgIpc) is 3.51. The first kappa shape index (κ1) is 33.1. The van der Waals surface area contributed by atoms with E-state index >= 15 is 0 Å². The third-order valence-corrected chi connectivity index (χ3v) is 9.62. The number of benzene rings is 1. The standard InChI is InChI=1S/C33H27ClF2N6O5S/c1-17-40-24-14-39-28(30(43)18-5-8-41(9-6-18)15-26(35)36)22(13-37)27(24)32(44)42(17)10-11-47-25-3-2-19(34)12-21(25)20-4-7-38-29-23(33(45)46)16-48-31(20)29/h2-4,7,12,14,16,18,26H,5-6,8-11,15H2,1H3,(H,45,46). The number of carbonyl (C=O) groups excluding carboxylic acids is 1. The third kappa shape index (κ3) is 6.36. The zero-order valence-corrected chi connectivity index (χ0v) is 27.0. The smallest absolute Gasteiger partial charge is 0.338 e. The van der Waals surface area contributed by atoms with Crippen LogP contribution in [0.15, 0.2) is 46.8 Å². The summed E-state index contributed by atoms with van der Waals surface area (Å²) in [6, 6.07) is 8.76. The number of ketones is 1. The van der Waals surface area contributed by atoms with Crippen LogP contribution < -0.4 is 10.3 Å². The first-order valence-corrected chi connectivity index (χ1v) is 16.2. The van der Waals surface area contributed by atoms with Crippen molar-refractivity contribution in [3.05, 3.63) is 80.1 Å². The molecule has 6 rings (SSSR count). The molecule has 1 N–H and O–H groups in total. The molecule has 11 nitrogen and oxygen atoms in total. The number of aryl methyl sites for hydroxylation is 1. The average molecular weight is 693 g/mol. The van der Waals surface area contributed by atoms with Crippen molar-refractivity contribution >= 4 is 55.8 Å². The lowest BCUT2D eigenvalue weighted by Crippen LogP contribution is -2.39. The van der Waals surface area contributed by atoms with Crippen molar-refractivity contribution in [3.63, 3.8) is 0 Å². The molecule has 5 heterocycles. The van der Waals surface area contributed by atoms with Crippen molar-refractivity contribution in [2.24, 2.45) is 5.92 Å². The van der Waals surface area contributed by atoms with Crippen LogP contribution >= 0.6 is 22.9 Å². The number of aromatic nitrogens is 4. The Morgan fingerprint density at radius 2 is 1.98 bits per heavy atom. The number of nitriles is 1. The van der Waals surface area contributed by atoms with Crippen molar-refractivity contribution < 1.29 is 28.2 Å². The van der Waals surface area contributed by atoms with Gasteiger partial charge in [0.15, 0.2) is 5.78 Å². The maximum absolute atomic E-state index is 13.8. The predicted octanol–water partition coefficient (Wildman–Crippen LogP) is 5.84. The van der Waals surface area contributed by atoms with Crippen molar-refractivity contribution in [3.8, 4) is 22.9 Å². The van der Waals surface area contributed by atoms with Crippen molar-refractivity contribution in [1.82, 2.24) is 24.4 Å². The Labute approximate surface area is 281 Å². The number of likely N-dealkylation sites (tertiary alicyclic amines) is 1. The highest BCUT2D eigenvalue weighted by molar-refractivity contribution is 7.18. The number of carboxylic acids is 1. The summed E-state index contributed by atoms with van der Waals surface area (Å²) in [5.41, 5.74) is 1.06. The minimum atomic E-state index is -2.46. The molecule has 4 aromatic heterocycles. The number of alkyl halides is 2. The van der Waals surface area contributed by atoms with Gasteiger partial charge in [-0.15, -0.1) is 11.3 Å². The number of halogens is 3. The summed E-state index contributed by atoms with van der Waals surface area (Å²) in [6.45, 7) is 1.98. The first-order valence-electron chi connectivity index (χ1n) is 14.9. The van der Waals surface area contributed by atoms with Crippen molar-refractivity contribution in [2.45, 2.75) is 32.7 Å². The van der Waals surface area contributed by atoms with Gasteiger partial charge in [0.2, 0.25) is 0 Å². The minimum Gasteiger partial charge on any atom is -0.491 e. The second-order valence-electron chi connectivity index (χ2n) is 11.3. The number of nitrogens with zero attached hydrogens (tertiary/aromatic N) is 6. The summed E-state index contributed by atoms with van der Waals surface area (Å²) >= 11 is 7.58. The molecule has 1 fully saturated rings. The molecule has 0 amide bonds. The fourth-order valence-electron chi connectivity index (χ4n) is 6.03. The van der Waals surface area contributed by atoms with Gasteiger partial charge >= 0.3 is 5.97 Å². The number of carboxylic acid groups (broad SMARTS) is 1. The highest BCUT2D eigenvalue weighted by atomic mass is 35.5. The lowest BCUT2D eigenvalue weighted by atomic mass is 9.89. The van der Waals surface area contributed by atoms with Crippen molar-refractivity contribution in [2.75, 3.05) is 26.2 Å². The molecule has 0 spiro atoms. The van der Waals surface area contributed by atoms with Crippen LogP contribution in [-0.4, -0.2) is 73.9 Å². The van der Waals surface area contributed by atoms with Gasteiger partial charge in [0.1, 0.15) is 29.9 Å². The maximum atomic E-state index is 13.8. The van der Waals surface area contributed by atoms with Crippen LogP contribution in [0.1, 0.15) is 45.1 Å². The van der Waals surface area contributed by atoms with Crippen molar-refractivity contribution in [1.29, 1.82) is 5.26 Å². The predicted molar refractivity (Wildman–Crippen MR) is 175 cm³/mol. The summed E-state index contributed by atoms with van der Waals surface area (Å²) in [4.78, 5) is 53.5. The largest absolute Gasteiger partial charge is 0.491 e. The Morgan fingerprint density at radius 3 is 2.69 bits per heavy atom.